The number of halogens is 4. The highest BCUT2D eigenvalue weighted by Gasteiger charge is 2.18. The molecule has 2 aromatic carbocycles. The van der Waals surface area contributed by atoms with Crippen molar-refractivity contribution in [3.05, 3.63) is 63.4 Å². The molecule has 0 aliphatic rings. The molecule has 2 aromatic rings. The standard InChI is InChI=1S/C14H8BrF3O2/c1-20-8-2-3-9(10(15)6-8)14(19)7-4-11(16)13(18)12(17)5-7/h2-6H,1H3. The highest BCUT2D eigenvalue weighted by Crippen LogP contribution is 2.26. The van der Waals surface area contributed by atoms with Gasteiger partial charge in [0.15, 0.2) is 23.2 Å². The van der Waals surface area contributed by atoms with E-state index < -0.39 is 23.2 Å². The summed E-state index contributed by atoms with van der Waals surface area (Å²) in [5.74, 6) is -4.52. The Labute approximate surface area is 121 Å². The average molecular weight is 345 g/mol. The van der Waals surface area contributed by atoms with E-state index in [4.69, 9.17) is 4.74 Å². The van der Waals surface area contributed by atoms with Crippen molar-refractivity contribution < 1.29 is 22.7 Å². The molecule has 20 heavy (non-hydrogen) atoms. The van der Waals surface area contributed by atoms with Crippen LogP contribution in [0.5, 0.6) is 5.75 Å². The second-order valence-electron chi connectivity index (χ2n) is 3.93. The van der Waals surface area contributed by atoms with Crippen molar-refractivity contribution >= 4 is 21.7 Å². The van der Waals surface area contributed by atoms with Gasteiger partial charge in [-0.1, -0.05) is 0 Å². The smallest absolute Gasteiger partial charge is 0.194 e. The number of carbonyl (C=O) groups is 1. The summed E-state index contributed by atoms with van der Waals surface area (Å²) in [4.78, 5) is 12.2. The second-order valence-corrected chi connectivity index (χ2v) is 4.78. The molecule has 0 aliphatic heterocycles. The summed E-state index contributed by atoms with van der Waals surface area (Å²) >= 11 is 3.17. The monoisotopic (exact) mass is 344 g/mol. The number of hydrogen-bond donors (Lipinski definition) is 0. The van der Waals surface area contributed by atoms with E-state index in [9.17, 15) is 18.0 Å². The molecule has 6 heteroatoms. The van der Waals surface area contributed by atoms with Gasteiger partial charge >= 0.3 is 0 Å². The Morgan fingerprint density at radius 3 is 2.20 bits per heavy atom. The maximum absolute atomic E-state index is 13.1. The molecule has 0 aromatic heterocycles. The topological polar surface area (TPSA) is 26.3 Å². The fourth-order valence-corrected chi connectivity index (χ4v) is 2.19. The number of methoxy groups -OCH3 is 1. The predicted molar refractivity (Wildman–Crippen MR) is 70.4 cm³/mol. The lowest BCUT2D eigenvalue weighted by atomic mass is 10.0. The van der Waals surface area contributed by atoms with Crippen LogP contribution in [0.3, 0.4) is 0 Å². The number of hydrogen-bond acceptors (Lipinski definition) is 2. The van der Waals surface area contributed by atoms with Gasteiger partial charge in [0.25, 0.3) is 0 Å². The number of ketones is 1. The Morgan fingerprint density at radius 2 is 1.70 bits per heavy atom. The largest absolute Gasteiger partial charge is 0.497 e. The Kier molecular flexibility index (Phi) is 4.13. The van der Waals surface area contributed by atoms with Crippen LogP contribution in [0.4, 0.5) is 13.2 Å². The third-order valence-electron chi connectivity index (χ3n) is 2.67. The van der Waals surface area contributed by atoms with Crippen LogP contribution >= 0.6 is 15.9 Å². The summed E-state index contributed by atoms with van der Waals surface area (Å²) in [7, 11) is 1.47. The molecule has 2 nitrogen and oxygen atoms in total. The van der Waals surface area contributed by atoms with Crippen LogP contribution < -0.4 is 4.74 Å². The lowest BCUT2D eigenvalue weighted by Gasteiger charge is -2.07. The molecule has 0 spiro atoms. The van der Waals surface area contributed by atoms with Crippen molar-refractivity contribution in [3.8, 4) is 5.75 Å². The van der Waals surface area contributed by atoms with E-state index >= 15 is 0 Å². The van der Waals surface area contributed by atoms with Gasteiger partial charge in [0.1, 0.15) is 5.75 Å². The normalized spacial score (nSPS) is 10.4. The lowest BCUT2D eigenvalue weighted by Crippen LogP contribution is -2.05. The fraction of sp³-hybridized carbons (Fsp3) is 0.0714. The van der Waals surface area contributed by atoms with Crippen molar-refractivity contribution in [1.82, 2.24) is 0 Å². The molecule has 0 amide bonds. The number of ether oxygens (including phenoxy) is 1. The van der Waals surface area contributed by atoms with Gasteiger partial charge in [-0.25, -0.2) is 13.2 Å². The van der Waals surface area contributed by atoms with Crippen molar-refractivity contribution in [3.63, 3.8) is 0 Å². The molecule has 0 bridgehead atoms. The summed E-state index contributed by atoms with van der Waals surface area (Å²) in [6.45, 7) is 0. The molecule has 0 unspecified atom stereocenters. The van der Waals surface area contributed by atoms with Gasteiger partial charge in [-0.15, -0.1) is 0 Å². The molecular formula is C14H8BrF3O2. The molecule has 0 fully saturated rings. The van der Waals surface area contributed by atoms with E-state index in [0.29, 0.717) is 22.4 Å². The molecule has 104 valence electrons. The predicted octanol–water partition coefficient (Wildman–Crippen LogP) is 4.11. The van der Waals surface area contributed by atoms with E-state index in [2.05, 4.69) is 15.9 Å². The van der Waals surface area contributed by atoms with Gasteiger partial charge in [-0.3, -0.25) is 4.79 Å². The fourth-order valence-electron chi connectivity index (χ4n) is 1.65. The highest BCUT2D eigenvalue weighted by atomic mass is 79.9. The number of carbonyl (C=O) groups excluding carboxylic acids is 1. The zero-order valence-corrected chi connectivity index (χ0v) is 11.8. The van der Waals surface area contributed by atoms with Crippen molar-refractivity contribution in [2.75, 3.05) is 7.11 Å². The van der Waals surface area contributed by atoms with Crippen molar-refractivity contribution in [1.29, 1.82) is 0 Å². The number of benzene rings is 2. The first-order valence-electron chi connectivity index (χ1n) is 5.47. The van der Waals surface area contributed by atoms with Gasteiger partial charge in [0.05, 0.1) is 7.11 Å². The van der Waals surface area contributed by atoms with Gasteiger partial charge < -0.3 is 4.74 Å². The zero-order valence-electron chi connectivity index (χ0n) is 10.2. The van der Waals surface area contributed by atoms with Crippen LogP contribution in [0.2, 0.25) is 0 Å². The van der Waals surface area contributed by atoms with E-state index in [1.54, 1.807) is 6.07 Å². The van der Waals surface area contributed by atoms with Crippen LogP contribution in [0, 0.1) is 17.5 Å². The minimum atomic E-state index is -1.60. The summed E-state index contributed by atoms with van der Waals surface area (Å²) in [5, 5.41) is 0. The molecule has 0 radical (unpaired) electrons. The Morgan fingerprint density at radius 1 is 1.10 bits per heavy atom. The molecule has 0 saturated heterocycles. The van der Waals surface area contributed by atoms with Gasteiger partial charge in [0, 0.05) is 15.6 Å². The first-order chi connectivity index (χ1) is 9.43. The maximum atomic E-state index is 13.1. The first kappa shape index (κ1) is 14.6. The third-order valence-corrected chi connectivity index (χ3v) is 3.32. The lowest BCUT2D eigenvalue weighted by molar-refractivity contribution is 0.103. The van der Waals surface area contributed by atoms with Gasteiger partial charge in [-0.05, 0) is 46.3 Å². The van der Waals surface area contributed by atoms with Gasteiger partial charge in [0.2, 0.25) is 0 Å². The van der Waals surface area contributed by atoms with Crippen molar-refractivity contribution in [2.45, 2.75) is 0 Å². The second kappa shape index (κ2) is 5.66. The first-order valence-corrected chi connectivity index (χ1v) is 6.26. The summed E-state index contributed by atoms with van der Waals surface area (Å²) in [5.41, 5.74) is -0.0801. The molecule has 0 atom stereocenters. The Balaban J connectivity index is 2.46. The minimum Gasteiger partial charge on any atom is -0.497 e. The zero-order chi connectivity index (χ0) is 14.9. The van der Waals surface area contributed by atoms with Crippen LogP contribution in [0.15, 0.2) is 34.8 Å². The van der Waals surface area contributed by atoms with Crippen molar-refractivity contribution in [2.24, 2.45) is 0 Å². The molecule has 0 N–H and O–H groups in total. The summed E-state index contributed by atoms with van der Waals surface area (Å²) < 4.78 is 44.5. The molecule has 0 heterocycles. The van der Waals surface area contributed by atoms with Crippen LogP contribution in [0.1, 0.15) is 15.9 Å². The summed E-state index contributed by atoms with van der Waals surface area (Å²) in [6, 6.07) is 5.86. The van der Waals surface area contributed by atoms with Crippen LogP contribution in [-0.4, -0.2) is 12.9 Å². The van der Waals surface area contributed by atoms with Crippen LogP contribution in [0.25, 0.3) is 0 Å². The summed E-state index contributed by atoms with van der Waals surface area (Å²) in [6.07, 6.45) is 0. The highest BCUT2D eigenvalue weighted by molar-refractivity contribution is 9.10. The molecule has 2 rings (SSSR count). The van der Waals surface area contributed by atoms with Gasteiger partial charge in [-0.2, -0.15) is 0 Å². The van der Waals surface area contributed by atoms with E-state index in [1.165, 1.54) is 19.2 Å². The third kappa shape index (κ3) is 2.70. The van der Waals surface area contributed by atoms with E-state index in [-0.39, 0.29) is 11.1 Å². The molecule has 0 aliphatic carbocycles. The SMILES string of the molecule is COc1ccc(C(=O)c2cc(F)c(F)c(F)c2)c(Br)c1. The Hall–Kier alpha value is -1.82. The van der Waals surface area contributed by atoms with E-state index in [1.807, 2.05) is 0 Å². The average Bonchev–Trinajstić information content (AvgIpc) is 2.43. The molecule has 0 saturated carbocycles. The minimum absolute atomic E-state index is 0.191. The Bertz CT molecular complexity index is 663. The molecular weight excluding hydrogens is 337 g/mol. The van der Waals surface area contributed by atoms with E-state index in [0.717, 1.165) is 0 Å². The van der Waals surface area contributed by atoms with Crippen LogP contribution in [-0.2, 0) is 0 Å². The quantitative estimate of drug-likeness (QED) is 0.618. The number of rotatable bonds is 3. The maximum Gasteiger partial charge on any atom is 0.194 e.